The monoisotopic (exact) mass is 277 g/mol. The number of carboxylic acid groups (broad SMARTS) is 1. The first kappa shape index (κ1) is 16.4. The first-order valence-electron chi connectivity index (χ1n) is 7.05. The van der Waals surface area contributed by atoms with Crippen molar-refractivity contribution in [1.29, 1.82) is 0 Å². The van der Waals surface area contributed by atoms with Crippen LogP contribution in [0.4, 0.5) is 0 Å². The van der Waals surface area contributed by atoms with Crippen LogP contribution in [-0.2, 0) is 11.2 Å². The van der Waals surface area contributed by atoms with E-state index < -0.39 is 12.0 Å². The summed E-state index contributed by atoms with van der Waals surface area (Å²) in [5.74, 6) is -1.14. The van der Waals surface area contributed by atoms with Crippen molar-refractivity contribution < 1.29 is 14.7 Å². The van der Waals surface area contributed by atoms with Gasteiger partial charge in [-0.2, -0.15) is 0 Å². The molecule has 0 spiro atoms. The number of benzene rings is 1. The molecule has 110 valence electrons. The number of carbonyl (C=O) groups is 2. The van der Waals surface area contributed by atoms with E-state index >= 15 is 0 Å². The Hall–Kier alpha value is -1.68. The molecule has 0 aliphatic carbocycles. The van der Waals surface area contributed by atoms with Crippen molar-refractivity contribution in [3.8, 4) is 0 Å². The number of carboxylic acids is 1. The molecule has 1 rings (SSSR count). The van der Waals surface area contributed by atoms with E-state index in [4.69, 9.17) is 5.11 Å². The van der Waals surface area contributed by atoms with Gasteiger partial charge in [-0.25, -0.2) is 0 Å². The van der Waals surface area contributed by atoms with Crippen LogP contribution in [0.3, 0.4) is 0 Å². The predicted octanol–water partition coefficient (Wildman–Crippen LogP) is 2.66. The summed E-state index contributed by atoms with van der Waals surface area (Å²) in [5.41, 5.74) is 1.75. The van der Waals surface area contributed by atoms with Crippen LogP contribution in [0.1, 0.15) is 49.5 Å². The van der Waals surface area contributed by atoms with E-state index in [1.165, 1.54) is 5.56 Å². The van der Waals surface area contributed by atoms with Gasteiger partial charge in [-0.1, -0.05) is 51.5 Å². The third-order valence-electron chi connectivity index (χ3n) is 3.01. The Morgan fingerprint density at radius 2 is 1.80 bits per heavy atom. The van der Waals surface area contributed by atoms with Gasteiger partial charge in [0, 0.05) is 11.6 Å². The first-order valence-corrected chi connectivity index (χ1v) is 7.05. The Morgan fingerprint density at radius 1 is 1.20 bits per heavy atom. The highest BCUT2D eigenvalue weighted by atomic mass is 16.4. The van der Waals surface area contributed by atoms with E-state index in [0.717, 1.165) is 12.8 Å². The number of ketones is 1. The maximum atomic E-state index is 12.4. The Bertz CT molecular complexity index is 451. The number of aryl methyl sites for hydroxylation is 1. The van der Waals surface area contributed by atoms with Crippen LogP contribution in [0.5, 0.6) is 0 Å². The van der Waals surface area contributed by atoms with E-state index in [9.17, 15) is 9.59 Å². The molecule has 1 aromatic carbocycles. The van der Waals surface area contributed by atoms with Gasteiger partial charge in [0.15, 0.2) is 5.78 Å². The summed E-state index contributed by atoms with van der Waals surface area (Å²) in [4.78, 5) is 23.2. The van der Waals surface area contributed by atoms with Gasteiger partial charge >= 0.3 is 5.97 Å². The van der Waals surface area contributed by atoms with Crippen LogP contribution in [-0.4, -0.2) is 28.9 Å². The van der Waals surface area contributed by atoms with E-state index in [2.05, 4.69) is 12.2 Å². The highest BCUT2D eigenvalue weighted by molar-refractivity contribution is 6.01. The molecule has 0 aromatic heterocycles. The molecule has 0 saturated carbocycles. The topological polar surface area (TPSA) is 66.4 Å². The minimum absolute atomic E-state index is 0.0580. The highest BCUT2D eigenvalue weighted by Crippen LogP contribution is 2.11. The first-order chi connectivity index (χ1) is 9.43. The van der Waals surface area contributed by atoms with Crippen LogP contribution >= 0.6 is 0 Å². The molecule has 0 bridgehead atoms. The minimum atomic E-state index is -0.973. The zero-order valence-electron chi connectivity index (χ0n) is 12.3. The smallest absolute Gasteiger partial charge is 0.305 e. The summed E-state index contributed by atoms with van der Waals surface area (Å²) in [7, 11) is 0. The van der Waals surface area contributed by atoms with Gasteiger partial charge in [-0.3, -0.25) is 9.59 Å². The molecule has 4 nitrogen and oxygen atoms in total. The summed E-state index contributed by atoms with van der Waals surface area (Å²) in [5, 5.41) is 11.9. The van der Waals surface area contributed by atoms with Gasteiger partial charge in [-0.05, 0) is 12.0 Å². The van der Waals surface area contributed by atoms with Gasteiger partial charge in [-0.15, -0.1) is 0 Å². The molecule has 0 aliphatic rings. The Balaban J connectivity index is 2.84. The van der Waals surface area contributed by atoms with Gasteiger partial charge in [0.2, 0.25) is 0 Å². The summed E-state index contributed by atoms with van der Waals surface area (Å²) in [6, 6.07) is 6.81. The number of carbonyl (C=O) groups excluding carboxylic acids is 1. The van der Waals surface area contributed by atoms with Crippen LogP contribution in [0.25, 0.3) is 0 Å². The van der Waals surface area contributed by atoms with Crippen molar-refractivity contribution in [3.05, 3.63) is 35.4 Å². The predicted molar refractivity (Wildman–Crippen MR) is 79.1 cm³/mol. The Kier molecular flexibility index (Phi) is 6.39. The van der Waals surface area contributed by atoms with Crippen molar-refractivity contribution in [2.75, 3.05) is 0 Å². The van der Waals surface area contributed by atoms with E-state index in [1.807, 2.05) is 26.0 Å². The average molecular weight is 277 g/mol. The summed E-state index contributed by atoms with van der Waals surface area (Å²) < 4.78 is 0. The van der Waals surface area contributed by atoms with Gasteiger partial charge in [0.25, 0.3) is 0 Å². The van der Waals surface area contributed by atoms with E-state index in [-0.39, 0.29) is 18.2 Å². The molecular weight excluding hydrogens is 254 g/mol. The lowest BCUT2D eigenvalue weighted by Gasteiger charge is -2.18. The third-order valence-corrected chi connectivity index (χ3v) is 3.01. The number of rotatable bonds is 8. The van der Waals surface area contributed by atoms with Gasteiger partial charge in [0.1, 0.15) is 0 Å². The van der Waals surface area contributed by atoms with Crippen molar-refractivity contribution in [1.82, 2.24) is 5.32 Å². The molecule has 20 heavy (non-hydrogen) atoms. The van der Waals surface area contributed by atoms with Crippen molar-refractivity contribution in [2.24, 2.45) is 0 Å². The minimum Gasteiger partial charge on any atom is -0.481 e. The molecule has 1 atom stereocenters. The number of Topliss-reactive ketones (excluding diaryl/α,β-unsaturated/α-hetero) is 1. The number of nitrogens with one attached hydrogen (secondary N) is 1. The van der Waals surface area contributed by atoms with E-state index in [0.29, 0.717) is 5.56 Å². The summed E-state index contributed by atoms with van der Waals surface area (Å²) >= 11 is 0. The quantitative estimate of drug-likeness (QED) is 0.717. The standard InChI is InChI=1S/C16H23NO3/c1-4-5-12-6-8-13(9-7-12)16(20)14(10-15(18)19)17-11(2)3/h6-9,11,14,17H,4-5,10H2,1-3H3,(H,18,19). The molecule has 0 aliphatic heterocycles. The van der Waals surface area contributed by atoms with Crippen molar-refractivity contribution in [3.63, 3.8) is 0 Å². The maximum Gasteiger partial charge on any atom is 0.305 e. The molecule has 1 aromatic rings. The third kappa shape index (κ3) is 5.13. The highest BCUT2D eigenvalue weighted by Gasteiger charge is 2.23. The second-order valence-electron chi connectivity index (χ2n) is 5.28. The molecule has 2 N–H and O–H groups in total. The Morgan fingerprint density at radius 3 is 2.25 bits per heavy atom. The lowest BCUT2D eigenvalue weighted by Crippen LogP contribution is -2.42. The fraction of sp³-hybridized carbons (Fsp3) is 0.500. The number of hydrogen-bond acceptors (Lipinski definition) is 3. The van der Waals surface area contributed by atoms with Crippen LogP contribution in [0.15, 0.2) is 24.3 Å². The zero-order valence-corrected chi connectivity index (χ0v) is 12.3. The van der Waals surface area contributed by atoms with Gasteiger partial charge < -0.3 is 10.4 Å². The summed E-state index contributed by atoms with van der Waals surface area (Å²) in [6.45, 7) is 5.90. The molecule has 0 fully saturated rings. The van der Waals surface area contributed by atoms with Crippen molar-refractivity contribution in [2.45, 2.75) is 52.1 Å². The largest absolute Gasteiger partial charge is 0.481 e. The summed E-state index contributed by atoms with van der Waals surface area (Å²) in [6.07, 6.45) is 1.84. The van der Waals surface area contributed by atoms with Gasteiger partial charge in [0.05, 0.1) is 12.5 Å². The van der Waals surface area contributed by atoms with Crippen LogP contribution in [0.2, 0.25) is 0 Å². The molecule has 0 amide bonds. The average Bonchev–Trinajstić information content (AvgIpc) is 2.37. The van der Waals surface area contributed by atoms with E-state index in [1.54, 1.807) is 12.1 Å². The van der Waals surface area contributed by atoms with Crippen molar-refractivity contribution >= 4 is 11.8 Å². The fourth-order valence-corrected chi connectivity index (χ4v) is 2.13. The number of hydrogen-bond donors (Lipinski definition) is 2. The zero-order chi connectivity index (χ0) is 15.1. The molecule has 4 heteroatoms. The second-order valence-corrected chi connectivity index (χ2v) is 5.28. The van der Waals surface area contributed by atoms with Crippen LogP contribution < -0.4 is 5.32 Å². The normalized spacial score (nSPS) is 12.4. The molecular formula is C16H23NO3. The molecule has 0 radical (unpaired) electrons. The molecule has 1 unspecified atom stereocenters. The second kappa shape index (κ2) is 7.80. The van der Waals surface area contributed by atoms with Crippen LogP contribution in [0, 0.1) is 0 Å². The lowest BCUT2D eigenvalue weighted by atomic mass is 9.99. The fourth-order valence-electron chi connectivity index (χ4n) is 2.13. The maximum absolute atomic E-state index is 12.4. The lowest BCUT2D eigenvalue weighted by molar-refractivity contribution is -0.137. The SMILES string of the molecule is CCCc1ccc(C(=O)C(CC(=O)O)NC(C)C)cc1. The molecule has 0 saturated heterocycles. The Labute approximate surface area is 120 Å². The molecule has 0 heterocycles. The number of aliphatic carboxylic acids is 1.